The predicted molar refractivity (Wildman–Crippen MR) is 55.5 cm³/mol. The summed E-state index contributed by atoms with van der Waals surface area (Å²) in [5, 5.41) is 9.78. The van der Waals surface area contributed by atoms with E-state index in [0.717, 1.165) is 6.07 Å². The summed E-state index contributed by atoms with van der Waals surface area (Å²) in [4.78, 5) is 0. The van der Waals surface area contributed by atoms with E-state index in [-0.39, 0.29) is 11.8 Å². The van der Waals surface area contributed by atoms with Crippen LogP contribution in [-0.2, 0) is 6.42 Å². The Morgan fingerprint density at radius 1 is 1.13 bits per heavy atom. The SMILES string of the molecule is CC(C)(C)C(O)Cc1cc(F)cc(F)c1. The van der Waals surface area contributed by atoms with Crippen LogP contribution in [0.5, 0.6) is 0 Å². The minimum atomic E-state index is -0.612. The van der Waals surface area contributed by atoms with Crippen molar-refractivity contribution in [2.24, 2.45) is 5.41 Å². The molecule has 1 aromatic rings. The van der Waals surface area contributed by atoms with Gasteiger partial charge in [-0.2, -0.15) is 0 Å². The van der Waals surface area contributed by atoms with Crippen molar-refractivity contribution in [2.75, 3.05) is 0 Å². The largest absolute Gasteiger partial charge is 0.392 e. The van der Waals surface area contributed by atoms with Gasteiger partial charge in [-0.25, -0.2) is 8.78 Å². The molecule has 3 heteroatoms. The molecule has 15 heavy (non-hydrogen) atoms. The highest BCUT2D eigenvalue weighted by Gasteiger charge is 2.22. The zero-order valence-electron chi connectivity index (χ0n) is 9.22. The van der Waals surface area contributed by atoms with Gasteiger partial charge in [0.1, 0.15) is 11.6 Å². The molecular formula is C12H16F2O. The van der Waals surface area contributed by atoms with E-state index in [1.165, 1.54) is 12.1 Å². The Labute approximate surface area is 88.7 Å². The van der Waals surface area contributed by atoms with Crippen LogP contribution in [0, 0.1) is 17.0 Å². The minimum absolute atomic E-state index is 0.262. The molecule has 0 saturated carbocycles. The highest BCUT2D eigenvalue weighted by atomic mass is 19.1. The van der Waals surface area contributed by atoms with E-state index in [1.54, 1.807) is 0 Å². The number of hydrogen-bond acceptors (Lipinski definition) is 1. The van der Waals surface area contributed by atoms with Gasteiger partial charge in [-0.15, -0.1) is 0 Å². The number of benzene rings is 1. The zero-order chi connectivity index (χ0) is 11.6. The van der Waals surface area contributed by atoms with Crippen LogP contribution in [-0.4, -0.2) is 11.2 Å². The van der Waals surface area contributed by atoms with Gasteiger partial charge in [0.25, 0.3) is 0 Å². The molecule has 1 unspecified atom stereocenters. The van der Waals surface area contributed by atoms with Crippen molar-refractivity contribution in [3.05, 3.63) is 35.4 Å². The van der Waals surface area contributed by atoms with Gasteiger partial charge in [-0.3, -0.25) is 0 Å². The first-order valence-electron chi connectivity index (χ1n) is 4.92. The molecule has 1 nitrogen and oxygen atoms in total. The lowest BCUT2D eigenvalue weighted by Gasteiger charge is -2.25. The molecule has 0 aliphatic heterocycles. The monoisotopic (exact) mass is 214 g/mol. The standard InChI is InChI=1S/C12H16F2O/c1-12(2,3)11(15)6-8-4-9(13)7-10(14)5-8/h4-5,7,11,15H,6H2,1-3H3. The van der Waals surface area contributed by atoms with Crippen molar-refractivity contribution < 1.29 is 13.9 Å². The molecular weight excluding hydrogens is 198 g/mol. The van der Waals surface area contributed by atoms with Crippen LogP contribution >= 0.6 is 0 Å². The van der Waals surface area contributed by atoms with Crippen molar-refractivity contribution in [2.45, 2.75) is 33.3 Å². The first kappa shape index (κ1) is 12.1. The van der Waals surface area contributed by atoms with Crippen LogP contribution < -0.4 is 0 Å². The quantitative estimate of drug-likeness (QED) is 0.802. The second-order valence-electron chi connectivity index (χ2n) is 4.86. The highest BCUT2D eigenvalue weighted by molar-refractivity contribution is 5.18. The molecule has 0 saturated heterocycles. The van der Waals surface area contributed by atoms with Crippen LogP contribution in [0.2, 0.25) is 0 Å². The molecule has 0 aromatic heterocycles. The first-order valence-corrected chi connectivity index (χ1v) is 4.92. The second-order valence-corrected chi connectivity index (χ2v) is 4.86. The summed E-state index contributed by atoms with van der Waals surface area (Å²) in [5.41, 5.74) is 0.193. The summed E-state index contributed by atoms with van der Waals surface area (Å²) >= 11 is 0. The van der Waals surface area contributed by atoms with Gasteiger partial charge in [-0.05, 0) is 29.5 Å². The van der Waals surface area contributed by atoms with Gasteiger partial charge < -0.3 is 5.11 Å². The van der Waals surface area contributed by atoms with Gasteiger partial charge in [0.05, 0.1) is 6.10 Å². The van der Waals surface area contributed by atoms with E-state index >= 15 is 0 Å². The van der Waals surface area contributed by atoms with Crippen LogP contribution in [0.3, 0.4) is 0 Å². The van der Waals surface area contributed by atoms with Crippen molar-refractivity contribution in [1.29, 1.82) is 0 Å². The molecule has 0 fully saturated rings. The smallest absolute Gasteiger partial charge is 0.126 e. The number of rotatable bonds is 2. The normalized spacial score (nSPS) is 14.0. The summed E-state index contributed by atoms with van der Waals surface area (Å²) < 4.78 is 25.7. The number of aliphatic hydroxyl groups excluding tert-OH is 1. The molecule has 0 bridgehead atoms. The molecule has 1 N–H and O–H groups in total. The number of halogens is 2. The van der Waals surface area contributed by atoms with Crippen LogP contribution in [0.15, 0.2) is 18.2 Å². The lowest BCUT2D eigenvalue weighted by Crippen LogP contribution is -2.28. The molecule has 0 aliphatic carbocycles. The van der Waals surface area contributed by atoms with Gasteiger partial charge in [0.2, 0.25) is 0 Å². The van der Waals surface area contributed by atoms with E-state index in [4.69, 9.17) is 0 Å². The Morgan fingerprint density at radius 2 is 1.60 bits per heavy atom. The number of aliphatic hydroxyl groups is 1. The maximum Gasteiger partial charge on any atom is 0.126 e. The summed E-state index contributed by atoms with van der Waals surface area (Å²) in [6.07, 6.45) is -0.350. The van der Waals surface area contributed by atoms with E-state index in [9.17, 15) is 13.9 Å². The lowest BCUT2D eigenvalue weighted by molar-refractivity contribution is 0.0635. The fourth-order valence-corrected chi connectivity index (χ4v) is 1.26. The minimum Gasteiger partial charge on any atom is -0.392 e. The van der Waals surface area contributed by atoms with E-state index in [2.05, 4.69) is 0 Å². The Hall–Kier alpha value is -0.960. The van der Waals surface area contributed by atoms with Gasteiger partial charge in [0, 0.05) is 6.07 Å². The van der Waals surface area contributed by atoms with Crippen molar-refractivity contribution in [1.82, 2.24) is 0 Å². The van der Waals surface area contributed by atoms with Crippen molar-refractivity contribution >= 4 is 0 Å². The highest BCUT2D eigenvalue weighted by Crippen LogP contribution is 2.22. The fraction of sp³-hybridized carbons (Fsp3) is 0.500. The molecule has 1 rings (SSSR count). The fourth-order valence-electron chi connectivity index (χ4n) is 1.26. The van der Waals surface area contributed by atoms with Gasteiger partial charge in [0.15, 0.2) is 0 Å². The van der Waals surface area contributed by atoms with E-state index < -0.39 is 17.7 Å². The third-order valence-corrected chi connectivity index (χ3v) is 2.35. The summed E-state index contributed by atoms with van der Waals surface area (Å²) in [7, 11) is 0. The van der Waals surface area contributed by atoms with Crippen LogP contribution in [0.1, 0.15) is 26.3 Å². The van der Waals surface area contributed by atoms with Crippen molar-refractivity contribution in [3.8, 4) is 0 Å². The first-order chi connectivity index (χ1) is 6.79. The Morgan fingerprint density at radius 3 is 2.00 bits per heavy atom. The van der Waals surface area contributed by atoms with E-state index in [1.807, 2.05) is 20.8 Å². The molecule has 84 valence electrons. The molecule has 1 aromatic carbocycles. The molecule has 0 heterocycles. The van der Waals surface area contributed by atoms with Gasteiger partial charge in [-0.1, -0.05) is 20.8 Å². The maximum atomic E-state index is 12.9. The Bertz CT molecular complexity index is 322. The number of hydrogen-bond donors (Lipinski definition) is 1. The second kappa shape index (κ2) is 4.27. The van der Waals surface area contributed by atoms with Crippen LogP contribution in [0.25, 0.3) is 0 Å². The molecule has 0 amide bonds. The average molecular weight is 214 g/mol. The summed E-state index contributed by atoms with van der Waals surface area (Å²) in [5.74, 6) is -1.21. The predicted octanol–water partition coefficient (Wildman–Crippen LogP) is 2.91. The van der Waals surface area contributed by atoms with E-state index in [0.29, 0.717) is 5.56 Å². The summed E-state index contributed by atoms with van der Waals surface area (Å²) in [6, 6.07) is 3.32. The van der Waals surface area contributed by atoms with Crippen LogP contribution in [0.4, 0.5) is 8.78 Å². The Balaban J connectivity index is 2.81. The van der Waals surface area contributed by atoms with Gasteiger partial charge >= 0.3 is 0 Å². The molecule has 0 spiro atoms. The topological polar surface area (TPSA) is 20.2 Å². The third-order valence-electron chi connectivity index (χ3n) is 2.35. The zero-order valence-corrected chi connectivity index (χ0v) is 9.22. The molecule has 0 aliphatic rings. The molecule has 1 atom stereocenters. The summed E-state index contributed by atoms with van der Waals surface area (Å²) in [6.45, 7) is 5.65. The third kappa shape index (κ3) is 3.59. The lowest BCUT2D eigenvalue weighted by atomic mass is 9.85. The maximum absolute atomic E-state index is 12.9. The average Bonchev–Trinajstić information content (AvgIpc) is 1.99. The van der Waals surface area contributed by atoms with Crippen molar-refractivity contribution in [3.63, 3.8) is 0 Å². The Kier molecular flexibility index (Phi) is 3.45. The molecule has 0 radical (unpaired) electrons.